The van der Waals surface area contributed by atoms with Crippen molar-refractivity contribution in [3.05, 3.63) is 64.9 Å². The summed E-state index contributed by atoms with van der Waals surface area (Å²) in [5.41, 5.74) is 0.677. The van der Waals surface area contributed by atoms with Gasteiger partial charge < -0.3 is 0 Å². The van der Waals surface area contributed by atoms with E-state index in [0.29, 0.717) is 11.6 Å². The van der Waals surface area contributed by atoms with Crippen LogP contribution in [0, 0.1) is 28.1 Å². The summed E-state index contributed by atoms with van der Waals surface area (Å²) >= 11 is 5.96. The fourth-order valence-corrected chi connectivity index (χ4v) is 3.62. The van der Waals surface area contributed by atoms with Crippen molar-refractivity contribution in [2.24, 2.45) is 5.41 Å². The van der Waals surface area contributed by atoms with Crippen molar-refractivity contribution in [2.45, 2.75) is 12.0 Å². The smallest absolute Gasteiger partial charge is 0.171 e. The molecule has 0 unspecified atom stereocenters. The van der Waals surface area contributed by atoms with Crippen LogP contribution in [0.2, 0.25) is 5.02 Å². The lowest BCUT2D eigenvalue weighted by molar-refractivity contribution is 0.267. The molecule has 0 N–H and O–H groups in total. The Morgan fingerprint density at radius 3 is 2.43 bits per heavy atom. The third kappa shape index (κ3) is 2.47. The van der Waals surface area contributed by atoms with Gasteiger partial charge in [-0.2, -0.15) is 10.5 Å². The number of benzene rings is 1. The number of likely N-dealkylation sites (tertiary alicyclic amines) is 1. The van der Waals surface area contributed by atoms with Crippen LogP contribution in [-0.2, 0) is 0 Å². The fourth-order valence-electron chi connectivity index (χ4n) is 3.50. The summed E-state index contributed by atoms with van der Waals surface area (Å²) in [7, 11) is 1.94. The summed E-state index contributed by atoms with van der Waals surface area (Å²) in [5.74, 6) is -0.204. The molecule has 1 aromatic carbocycles. The Hall–Kier alpha value is -2.40. The molecule has 1 aliphatic heterocycles. The van der Waals surface area contributed by atoms with Crippen LogP contribution in [0.3, 0.4) is 0 Å². The number of pyridine rings is 1. The van der Waals surface area contributed by atoms with E-state index in [1.807, 2.05) is 31.3 Å². The average molecular weight is 323 g/mol. The van der Waals surface area contributed by atoms with Gasteiger partial charge in [-0.3, -0.25) is 9.88 Å². The van der Waals surface area contributed by atoms with Crippen LogP contribution in [0.25, 0.3) is 0 Å². The Labute approximate surface area is 140 Å². The largest absolute Gasteiger partial charge is 0.296 e. The quantitative estimate of drug-likeness (QED) is 0.848. The first-order valence-electron chi connectivity index (χ1n) is 7.30. The standard InChI is InChI=1S/C18H15ClN4/c1-23-10-16(13-4-6-15(19)7-5-13)18(11-20,12-21)17(23)14-3-2-8-22-9-14/h2-9,16-17H,10H2,1H3/t16-,17+/m0/s1. The van der Waals surface area contributed by atoms with E-state index in [1.165, 1.54) is 0 Å². The van der Waals surface area contributed by atoms with Crippen LogP contribution in [0.5, 0.6) is 0 Å². The molecule has 0 bridgehead atoms. The summed E-state index contributed by atoms with van der Waals surface area (Å²) in [4.78, 5) is 6.20. The zero-order valence-corrected chi connectivity index (χ0v) is 13.4. The van der Waals surface area contributed by atoms with Crippen molar-refractivity contribution in [3.8, 4) is 12.1 Å². The van der Waals surface area contributed by atoms with E-state index in [2.05, 4.69) is 22.0 Å². The minimum atomic E-state index is -1.16. The van der Waals surface area contributed by atoms with Crippen molar-refractivity contribution < 1.29 is 0 Å². The lowest BCUT2D eigenvalue weighted by Gasteiger charge is -2.28. The number of halogens is 1. The van der Waals surface area contributed by atoms with E-state index in [-0.39, 0.29) is 12.0 Å². The molecular formula is C18H15ClN4. The third-order valence-corrected chi connectivity index (χ3v) is 4.79. The van der Waals surface area contributed by atoms with Crippen molar-refractivity contribution in [1.29, 1.82) is 10.5 Å². The highest BCUT2D eigenvalue weighted by molar-refractivity contribution is 6.30. The molecule has 2 aromatic rings. The molecule has 114 valence electrons. The molecular weight excluding hydrogens is 308 g/mol. The average Bonchev–Trinajstić information content (AvgIpc) is 2.89. The highest BCUT2D eigenvalue weighted by atomic mass is 35.5. The molecule has 1 saturated heterocycles. The predicted octanol–water partition coefficient (Wildman–Crippen LogP) is 3.54. The Bertz CT molecular complexity index is 759. The molecule has 5 heteroatoms. The maximum absolute atomic E-state index is 9.91. The van der Waals surface area contributed by atoms with Gasteiger partial charge in [-0.25, -0.2) is 0 Å². The normalized spacial score (nSPS) is 23.1. The van der Waals surface area contributed by atoms with Crippen LogP contribution in [-0.4, -0.2) is 23.5 Å². The van der Waals surface area contributed by atoms with Crippen LogP contribution in [0.15, 0.2) is 48.8 Å². The number of aromatic nitrogens is 1. The number of likely N-dealkylation sites (N-methyl/N-ethyl adjacent to an activating group) is 1. The maximum atomic E-state index is 9.91. The van der Waals surface area contributed by atoms with Gasteiger partial charge in [-0.05, 0) is 36.4 Å². The molecule has 0 aliphatic carbocycles. The molecule has 1 aromatic heterocycles. The van der Waals surface area contributed by atoms with E-state index < -0.39 is 5.41 Å². The van der Waals surface area contributed by atoms with Gasteiger partial charge in [0.15, 0.2) is 5.41 Å². The topological polar surface area (TPSA) is 63.7 Å². The molecule has 0 radical (unpaired) electrons. The van der Waals surface area contributed by atoms with Crippen molar-refractivity contribution in [2.75, 3.05) is 13.6 Å². The Morgan fingerprint density at radius 1 is 1.17 bits per heavy atom. The van der Waals surface area contributed by atoms with Crippen molar-refractivity contribution in [1.82, 2.24) is 9.88 Å². The Balaban J connectivity index is 2.11. The fraction of sp³-hybridized carbons (Fsp3) is 0.278. The molecule has 2 atom stereocenters. The first-order chi connectivity index (χ1) is 11.1. The van der Waals surface area contributed by atoms with Gasteiger partial charge in [0.1, 0.15) is 0 Å². The Morgan fingerprint density at radius 2 is 1.87 bits per heavy atom. The maximum Gasteiger partial charge on any atom is 0.171 e. The van der Waals surface area contributed by atoms with Crippen LogP contribution < -0.4 is 0 Å². The molecule has 0 saturated carbocycles. The van der Waals surface area contributed by atoms with Crippen molar-refractivity contribution in [3.63, 3.8) is 0 Å². The van der Waals surface area contributed by atoms with Crippen LogP contribution >= 0.6 is 11.6 Å². The highest BCUT2D eigenvalue weighted by Crippen LogP contribution is 2.53. The molecule has 1 aliphatic rings. The second-order valence-corrected chi connectivity index (χ2v) is 6.26. The van der Waals surface area contributed by atoms with E-state index in [4.69, 9.17) is 11.6 Å². The van der Waals surface area contributed by atoms with E-state index in [0.717, 1.165) is 11.1 Å². The van der Waals surface area contributed by atoms with Gasteiger partial charge in [-0.15, -0.1) is 0 Å². The number of hydrogen-bond donors (Lipinski definition) is 0. The zero-order valence-electron chi connectivity index (χ0n) is 12.6. The summed E-state index contributed by atoms with van der Waals surface area (Å²) in [6, 6.07) is 15.4. The lowest BCUT2D eigenvalue weighted by Crippen LogP contribution is -2.30. The number of nitrogens with zero attached hydrogens (tertiary/aromatic N) is 4. The summed E-state index contributed by atoms with van der Waals surface area (Å²) in [5, 5.41) is 20.5. The zero-order chi connectivity index (χ0) is 16.4. The van der Waals surface area contributed by atoms with Gasteiger partial charge in [0.2, 0.25) is 0 Å². The Kier molecular flexibility index (Phi) is 4.05. The molecule has 1 fully saturated rings. The summed E-state index contributed by atoms with van der Waals surface area (Å²) < 4.78 is 0. The number of rotatable bonds is 2. The monoisotopic (exact) mass is 322 g/mol. The van der Waals surface area contributed by atoms with Gasteiger partial charge in [-0.1, -0.05) is 29.8 Å². The molecule has 2 heterocycles. The van der Waals surface area contributed by atoms with E-state index in [1.54, 1.807) is 24.5 Å². The minimum Gasteiger partial charge on any atom is -0.296 e. The van der Waals surface area contributed by atoms with Crippen molar-refractivity contribution >= 4 is 11.6 Å². The van der Waals surface area contributed by atoms with Gasteiger partial charge in [0.25, 0.3) is 0 Å². The SMILES string of the molecule is CN1C[C@@H](c2ccc(Cl)cc2)C(C#N)(C#N)[C@H]1c1cccnc1. The van der Waals surface area contributed by atoms with Gasteiger partial charge in [0.05, 0.1) is 18.2 Å². The summed E-state index contributed by atoms with van der Waals surface area (Å²) in [6.07, 6.45) is 3.42. The molecule has 23 heavy (non-hydrogen) atoms. The lowest BCUT2D eigenvalue weighted by atomic mass is 9.71. The number of nitriles is 2. The van der Waals surface area contributed by atoms with E-state index >= 15 is 0 Å². The molecule has 0 spiro atoms. The second kappa shape index (κ2) is 6.01. The van der Waals surface area contributed by atoms with E-state index in [9.17, 15) is 10.5 Å². The number of hydrogen-bond acceptors (Lipinski definition) is 4. The summed E-state index contributed by atoms with van der Waals surface area (Å²) in [6.45, 7) is 0.627. The predicted molar refractivity (Wildman–Crippen MR) is 87.5 cm³/mol. The molecule has 0 amide bonds. The molecule has 4 nitrogen and oxygen atoms in total. The van der Waals surface area contributed by atoms with Crippen LogP contribution in [0.4, 0.5) is 0 Å². The minimum absolute atomic E-state index is 0.204. The van der Waals surface area contributed by atoms with Crippen LogP contribution in [0.1, 0.15) is 23.1 Å². The highest BCUT2D eigenvalue weighted by Gasteiger charge is 2.55. The second-order valence-electron chi connectivity index (χ2n) is 5.83. The molecule has 3 rings (SSSR count). The first kappa shape index (κ1) is 15.5. The third-order valence-electron chi connectivity index (χ3n) is 4.53. The first-order valence-corrected chi connectivity index (χ1v) is 7.68. The van der Waals surface area contributed by atoms with Gasteiger partial charge in [0, 0.05) is 29.9 Å². The van der Waals surface area contributed by atoms with Gasteiger partial charge >= 0.3 is 0 Å².